The van der Waals surface area contributed by atoms with Crippen LogP contribution in [0.5, 0.6) is 0 Å². The van der Waals surface area contributed by atoms with E-state index in [1.54, 1.807) is 30.5 Å². The second kappa shape index (κ2) is 41.4. The molecule has 572 valence electrons. The number of ketones is 1. The molecule has 1 aliphatic heterocycles. The average molecular weight is 1500 g/mol. The molecule has 13 amide bonds. The minimum atomic E-state index is -2.41. The Morgan fingerprint density at radius 3 is 1.74 bits per heavy atom. The lowest BCUT2D eigenvalue weighted by Gasteiger charge is -2.30. The molecule has 43 heteroatoms. The van der Waals surface area contributed by atoms with Crippen LogP contribution in [0.15, 0.2) is 54.7 Å². The van der Waals surface area contributed by atoms with Gasteiger partial charge in [-0.1, -0.05) is 46.6 Å². The number of Topliss-reactive ketones (excluding diaryl/α,β-unsaturated/α-hetero) is 1. The molecule has 4 rings (SSSR count). The van der Waals surface area contributed by atoms with Crippen molar-refractivity contribution in [3.8, 4) is 0 Å². The van der Waals surface area contributed by atoms with Crippen LogP contribution in [-0.2, 0) is 97.5 Å². The number of cyclic esters (lactones) is 1. The van der Waals surface area contributed by atoms with Crippen LogP contribution in [0.25, 0.3) is 10.9 Å². The molecule has 25 N–H and O–H groups in total. The van der Waals surface area contributed by atoms with Gasteiger partial charge in [-0.15, -0.1) is 0 Å². The minimum Gasteiger partial charge on any atom is -0.481 e. The van der Waals surface area contributed by atoms with Crippen molar-refractivity contribution in [1.29, 1.82) is 0 Å². The molecular weight excluding hydrogens is 1410 g/mol. The highest BCUT2D eigenvalue weighted by Crippen LogP contribution is 2.20. The number of para-hydroxylation sites is 2. The van der Waals surface area contributed by atoms with E-state index in [1.165, 1.54) is 24.3 Å². The van der Waals surface area contributed by atoms with Crippen LogP contribution >= 0.6 is 9.39 Å². The van der Waals surface area contributed by atoms with Gasteiger partial charge in [0.2, 0.25) is 76.8 Å². The van der Waals surface area contributed by atoms with E-state index < -0.39 is 249 Å². The Balaban J connectivity index is 1.87. The average Bonchev–Trinajstić information content (AvgIpc) is 1.77. The number of rotatable bonds is 27. The Morgan fingerprint density at radius 1 is 0.600 bits per heavy atom. The summed E-state index contributed by atoms with van der Waals surface area (Å²) in [6, 6.07) is -10.2. The highest BCUT2D eigenvalue weighted by Gasteiger charge is 2.41. The summed E-state index contributed by atoms with van der Waals surface area (Å²) < 4.78 is 5.64. The number of nitrogens with two attached hydrogens (primary N) is 3. The monoisotopic (exact) mass is 1500 g/mol. The van der Waals surface area contributed by atoms with E-state index in [9.17, 15) is 117 Å². The Morgan fingerprint density at radius 2 is 1.14 bits per heavy atom. The number of carboxylic acid groups (broad SMARTS) is 4. The first-order valence-corrected chi connectivity index (χ1v) is 32.7. The largest absolute Gasteiger partial charge is 0.481 e. The van der Waals surface area contributed by atoms with Crippen molar-refractivity contribution in [2.75, 3.05) is 32.0 Å². The summed E-state index contributed by atoms with van der Waals surface area (Å²) in [7, 11) is 2.16. The Hall–Kier alpha value is -11.8. The third kappa shape index (κ3) is 27.8. The number of aliphatic hydroxyl groups is 1. The van der Waals surface area contributed by atoms with Gasteiger partial charge >= 0.3 is 29.8 Å². The van der Waals surface area contributed by atoms with Crippen molar-refractivity contribution in [2.24, 2.45) is 17.4 Å². The third-order valence-electron chi connectivity index (χ3n) is 15.7. The first-order valence-electron chi connectivity index (χ1n) is 32.1. The first-order chi connectivity index (χ1) is 49.4. The molecule has 14 atom stereocenters. The van der Waals surface area contributed by atoms with Crippen molar-refractivity contribution in [1.82, 2.24) is 73.9 Å². The number of hydrogen-bond donors (Lipinski definition) is 22. The molecule has 1 saturated heterocycles. The fourth-order valence-electron chi connectivity index (χ4n) is 10.2. The predicted molar refractivity (Wildman–Crippen MR) is 362 cm³/mol. The number of esters is 1. The van der Waals surface area contributed by atoms with Gasteiger partial charge in [0, 0.05) is 34.8 Å². The number of hydrogen-bond acceptors (Lipinski definition) is 24. The van der Waals surface area contributed by atoms with E-state index in [1.807, 2.05) is 16.0 Å². The summed E-state index contributed by atoms with van der Waals surface area (Å²) in [6.07, 6.45) is -7.87. The number of fused-ring (bicyclic) bond motifs is 1. The van der Waals surface area contributed by atoms with Gasteiger partial charge in [0.15, 0.2) is 5.78 Å². The number of aliphatic carboxylic acids is 4. The third-order valence-corrected chi connectivity index (χ3v) is 16.0. The first kappa shape index (κ1) is 85.6. The molecular formula is C62H84N17O25P. The van der Waals surface area contributed by atoms with Crippen LogP contribution in [0.4, 0.5) is 5.69 Å². The second-order valence-corrected chi connectivity index (χ2v) is 24.4. The molecule has 3 aromatic rings. The lowest BCUT2D eigenvalue weighted by Crippen LogP contribution is -2.61. The molecule has 0 spiro atoms. The highest BCUT2D eigenvalue weighted by molar-refractivity contribution is 7.13. The minimum absolute atomic E-state index is 0.0304. The summed E-state index contributed by atoms with van der Waals surface area (Å²) in [5.41, 5.74) is 18.5. The van der Waals surface area contributed by atoms with Crippen LogP contribution in [0.3, 0.4) is 0 Å². The number of aromatic amines is 1. The smallest absolute Gasteiger partial charge is 0.329 e. The van der Waals surface area contributed by atoms with Gasteiger partial charge in [-0.25, -0.2) is 4.79 Å². The van der Waals surface area contributed by atoms with E-state index in [-0.39, 0.29) is 37.1 Å². The fraction of sp³-hybridized carbons (Fsp3) is 0.468. The zero-order valence-electron chi connectivity index (χ0n) is 56.6. The van der Waals surface area contributed by atoms with Crippen LogP contribution in [0.1, 0.15) is 88.1 Å². The van der Waals surface area contributed by atoms with E-state index in [0.717, 1.165) is 20.8 Å². The summed E-state index contributed by atoms with van der Waals surface area (Å²) in [6.45, 7) is -0.597. The number of nitrogens with one attached hydrogen (secondary N) is 14. The Bertz CT molecular complexity index is 3780. The van der Waals surface area contributed by atoms with E-state index >= 15 is 0 Å². The van der Waals surface area contributed by atoms with Crippen molar-refractivity contribution < 1.29 is 121 Å². The molecule has 2 heterocycles. The van der Waals surface area contributed by atoms with Crippen molar-refractivity contribution in [2.45, 2.75) is 151 Å². The normalized spacial score (nSPS) is 22.1. The molecule has 105 heavy (non-hydrogen) atoms. The number of carboxylic acids is 4. The van der Waals surface area contributed by atoms with E-state index in [0.29, 0.717) is 16.5 Å². The fourth-order valence-corrected chi connectivity index (χ4v) is 10.4. The maximum absolute atomic E-state index is 14.7. The highest BCUT2D eigenvalue weighted by atomic mass is 31.0. The van der Waals surface area contributed by atoms with Gasteiger partial charge in [0.1, 0.15) is 66.5 Å². The number of benzene rings is 2. The van der Waals surface area contributed by atoms with Crippen LogP contribution < -0.4 is 86.1 Å². The van der Waals surface area contributed by atoms with Gasteiger partial charge in [0.05, 0.1) is 57.8 Å². The number of aromatic nitrogens is 1. The van der Waals surface area contributed by atoms with Crippen molar-refractivity contribution >= 4 is 138 Å². The Kier molecular flexibility index (Phi) is 33.7. The van der Waals surface area contributed by atoms with Crippen molar-refractivity contribution in [3.05, 3.63) is 65.9 Å². The van der Waals surface area contributed by atoms with Gasteiger partial charge in [0.25, 0.3) is 0 Å². The Labute approximate surface area is 598 Å². The lowest BCUT2D eigenvalue weighted by molar-refractivity contribution is -0.156. The molecule has 2 aromatic carbocycles. The van der Waals surface area contributed by atoms with Crippen LogP contribution in [-0.4, -0.2) is 242 Å². The van der Waals surface area contributed by atoms with Crippen molar-refractivity contribution in [3.63, 3.8) is 0 Å². The molecule has 0 bridgehead atoms. The number of carbonyl (C=O) groups excluding carboxylic acids is 15. The maximum Gasteiger partial charge on any atom is 0.329 e. The van der Waals surface area contributed by atoms with Gasteiger partial charge in [-0.3, -0.25) is 86.3 Å². The standard InChI is InChI=1S/C62H84N17O25P/c1-26(15-46(85)86)50-61(102)77-40(17-42(81)31-10-4-6-11-32(31)63)62(103)104-28(3)51(79-58(99)39(21-49(91)92)76-57(98)36(18-43(65)82)74-53(94)33(64)16-29-22-66-34-12-7-5-9-30(29)34)60(101)68-24-44(83)71-35(13-8-14-69-105)55(96)75-38(20-48(89)90)56(97)70-27(2)52(93)73-37(19-47(87)88)54(95)67-23-45(84)72-41(25-80)59(100)78-50/h4-7,9-12,22,26-28,33,35-41,50-51,66,69,80H,8,13-21,23-25,63-64,105H2,1-3H3,(H2,65,82)(H,67,95)(H,68,101)(H,70,97)(H,71,83)(H,72,84)(H,73,93)(H,74,94)(H,75,96)(H,76,98)(H,77,102)(H,78,100)(H,79,99)(H,85,86)(H,87,88)(H,89,90)(H,91,92). The SMILES string of the molecule is CC1NC(=O)C(CC(=O)O)NC(=O)C(CCCNP)NC(=O)CNC(=O)C(NC(=O)C(CC(=O)O)NC(=O)C(CC(N)=O)NC(=O)C(N)Cc2c[nH]c3ccccc23)C(C)OC(=O)C(CC(=O)c2ccccc2N)NC(=O)C(C(C)CC(=O)O)NC(=O)C(CO)NC(=O)CNC(=O)C(CC(=O)O)NC1=O. The topological polar surface area (TPSA) is 685 Å². The summed E-state index contributed by atoms with van der Waals surface area (Å²) in [5, 5.41) is 78.3. The zero-order chi connectivity index (χ0) is 78.5. The van der Waals surface area contributed by atoms with E-state index in [4.69, 9.17) is 21.9 Å². The number of primary amides is 1. The molecule has 0 radical (unpaired) electrons. The maximum atomic E-state index is 14.7. The number of carbonyl (C=O) groups is 19. The van der Waals surface area contributed by atoms with Crippen LogP contribution in [0, 0.1) is 5.92 Å². The molecule has 0 saturated carbocycles. The quantitative estimate of drug-likeness (QED) is 0.0111. The lowest BCUT2D eigenvalue weighted by atomic mass is 9.96. The molecule has 1 fully saturated rings. The predicted octanol–water partition coefficient (Wildman–Crippen LogP) is -8.50. The number of aliphatic hydroxyl groups excluding tert-OH is 1. The van der Waals surface area contributed by atoms with Gasteiger partial charge < -0.3 is 121 Å². The summed E-state index contributed by atoms with van der Waals surface area (Å²) >= 11 is 0. The second-order valence-electron chi connectivity index (χ2n) is 24.0. The van der Waals surface area contributed by atoms with Gasteiger partial charge in [-0.05, 0) is 69.3 Å². The zero-order valence-corrected chi connectivity index (χ0v) is 57.8. The summed E-state index contributed by atoms with van der Waals surface area (Å²) in [4.78, 5) is 260. The summed E-state index contributed by atoms with van der Waals surface area (Å²) in [5.74, 6) is -28.8. The number of amides is 13. The molecule has 1 aliphatic rings. The number of nitrogen functional groups attached to an aromatic ring is 1. The number of H-pyrrole nitrogens is 1. The van der Waals surface area contributed by atoms with Crippen LogP contribution in [0.2, 0.25) is 0 Å². The van der Waals surface area contributed by atoms with E-state index in [2.05, 4.69) is 67.3 Å². The number of anilines is 1. The molecule has 14 unspecified atom stereocenters. The molecule has 0 aliphatic carbocycles. The molecule has 1 aromatic heterocycles. The number of ether oxygens (including phenoxy) is 1. The van der Waals surface area contributed by atoms with Gasteiger partial charge in [-0.2, -0.15) is 0 Å². The molecule has 42 nitrogen and oxygen atoms in total.